The number of halogens is 2. The van der Waals surface area contributed by atoms with Crippen molar-refractivity contribution in [3.8, 4) is 0 Å². The van der Waals surface area contributed by atoms with E-state index in [1.165, 1.54) is 5.39 Å². The first-order chi connectivity index (χ1) is 9.22. The van der Waals surface area contributed by atoms with Gasteiger partial charge in [-0.05, 0) is 62.2 Å². The maximum atomic E-state index is 4.38. The van der Waals surface area contributed by atoms with Gasteiger partial charge in [-0.15, -0.1) is 0 Å². The van der Waals surface area contributed by atoms with Crippen molar-refractivity contribution in [3.63, 3.8) is 0 Å². The number of anilines is 1. The third-order valence-electron chi connectivity index (χ3n) is 2.90. The Labute approximate surface area is 127 Å². The van der Waals surface area contributed by atoms with Crippen LogP contribution in [-0.4, -0.2) is 9.97 Å². The van der Waals surface area contributed by atoms with E-state index in [0.29, 0.717) is 6.54 Å². The molecule has 1 aromatic carbocycles. The first-order valence-electron chi connectivity index (χ1n) is 5.83. The molecule has 0 saturated carbocycles. The lowest BCUT2D eigenvalue weighted by atomic mass is 10.2. The largest absolute Gasteiger partial charge is 0.379 e. The molecule has 0 unspecified atom stereocenters. The average Bonchev–Trinajstić information content (AvgIpc) is 2.85. The van der Waals surface area contributed by atoms with E-state index in [4.69, 9.17) is 0 Å². The molecule has 0 amide bonds. The van der Waals surface area contributed by atoms with Gasteiger partial charge in [0.25, 0.3) is 0 Å². The minimum atomic E-state index is 0.684. The van der Waals surface area contributed by atoms with Crippen molar-refractivity contribution in [2.45, 2.75) is 6.54 Å². The van der Waals surface area contributed by atoms with Crippen LogP contribution in [0.1, 0.15) is 5.69 Å². The van der Waals surface area contributed by atoms with Crippen molar-refractivity contribution in [1.82, 2.24) is 9.97 Å². The molecule has 2 heterocycles. The Morgan fingerprint density at radius 2 is 2.05 bits per heavy atom. The number of aromatic amines is 1. The van der Waals surface area contributed by atoms with Gasteiger partial charge in [-0.25, -0.2) is 0 Å². The van der Waals surface area contributed by atoms with Gasteiger partial charge in [-0.3, -0.25) is 4.98 Å². The summed E-state index contributed by atoms with van der Waals surface area (Å²) in [4.78, 5) is 7.57. The highest BCUT2D eigenvalue weighted by Crippen LogP contribution is 2.22. The number of benzene rings is 1. The molecular formula is C14H11Br2N3. The zero-order valence-electron chi connectivity index (χ0n) is 9.95. The molecule has 0 aliphatic carbocycles. The van der Waals surface area contributed by atoms with E-state index in [0.717, 1.165) is 25.8 Å². The summed E-state index contributed by atoms with van der Waals surface area (Å²) in [5, 5.41) is 4.58. The summed E-state index contributed by atoms with van der Waals surface area (Å²) >= 11 is 6.92. The molecule has 2 aromatic heterocycles. The van der Waals surface area contributed by atoms with Crippen LogP contribution in [0.2, 0.25) is 0 Å². The number of hydrogen-bond acceptors (Lipinski definition) is 2. The van der Waals surface area contributed by atoms with Gasteiger partial charge >= 0.3 is 0 Å². The van der Waals surface area contributed by atoms with Crippen LogP contribution >= 0.6 is 31.9 Å². The van der Waals surface area contributed by atoms with Crippen molar-refractivity contribution < 1.29 is 0 Å². The highest BCUT2D eigenvalue weighted by atomic mass is 79.9. The smallest absolute Gasteiger partial charge is 0.0737 e. The lowest BCUT2D eigenvalue weighted by molar-refractivity contribution is 1.03. The fraction of sp³-hybridized carbons (Fsp3) is 0.0714. The summed E-state index contributed by atoms with van der Waals surface area (Å²) in [6, 6.07) is 10.3. The SMILES string of the molecule is Brc1cnc(CNc2ccc3[nH]ccc3c2)c(Br)c1. The second-order valence-corrected chi connectivity index (χ2v) is 5.99. The summed E-state index contributed by atoms with van der Waals surface area (Å²) in [5.41, 5.74) is 3.22. The van der Waals surface area contributed by atoms with E-state index >= 15 is 0 Å². The van der Waals surface area contributed by atoms with E-state index < -0.39 is 0 Å². The van der Waals surface area contributed by atoms with Gasteiger partial charge in [0.2, 0.25) is 0 Å². The van der Waals surface area contributed by atoms with Gasteiger partial charge in [0, 0.05) is 37.9 Å². The molecule has 0 atom stereocenters. The lowest BCUT2D eigenvalue weighted by Crippen LogP contribution is -2.02. The standard InChI is InChI=1S/C14H11Br2N3/c15-10-6-12(16)14(19-7-10)8-18-11-1-2-13-9(5-11)3-4-17-13/h1-7,17-18H,8H2. The van der Waals surface area contributed by atoms with Crippen molar-refractivity contribution in [1.29, 1.82) is 0 Å². The minimum Gasteiger partial charge on any atom is -0.379 e. The van der Waals surface area contributed by atoms with E-state index in [1.807, 2.05) is 12.3 Å². The van der Waals surface area contributed by atoms with Crippen LogP contribution in [0.15, 0.2) is 51.7 Å². The fourth-order valence-corrected chi connectivity index (χ4v) is 3.05. The predicted octanol–water partition coefficient (Wildman–Crippen LogP) is 4.70. The number of rotatable bonds is 3. The monoisotopic (exact) mass is 379 g/mol. The molecule has 3 nitrogen and oxygen atoms in total. The van der Waals surface area contributed by atoms with E-state index in [-0.39, 0.29) is 0 Å². The molecule has 96 valence electrons. The summed E-state index contributed by atoms with van der Waals surface area (Å²) < 4.78 is 1.97. The molecule has 0 saturated heterocycles. The topological polar surface area (TPSA) is 40.7 Å². The van der Waals surface area contributed by atoms with Crippen molar-refractivity contribution in [3.05, 3.63) is 57.4 Å². The van der Waals surface area contributed by atoms with Crippen molar-refractivity contribution in [2.24, 2.45) is 0 Å². The Morgan fingerprint density at radius 3 is 2.89 bits per heavy atom. The van der Waals surface area contributed by atoms with Crippen LogP contribution in [-0.2, 0) is 6.54 Å². The summed E-state index contributed by atoms with van der Waals surface area (Å²) in [6.07, 6.45) is 3.75. The summed E-state index contributed by atoms with van der Waals surface area (Å²) in [7, 11) is 0. The molecule has 0 fully saturated rings. The Bertz CT molecular complexity index is 722. The lowest BCUT2D eigenvalue weighted by Gasteiger charge is -2.08. The normalized spacial score (nSPS) is 10.8. The summed E-state index contributed by atoms with van der Waals surface area (Å²) in [5.74, 6) is 0. The van der Waals surface area contributed by atoms with Gasteiger partial charge in [0.1, 0.15) is 0 Å². The van der Waals surface area contributed by atoms with Crippen LogP contribution in [0.5, 0.6) is 0 Å². The van der Waals surface area contributed by atoms with Crippen LogP contribution in [0.4, 0.5) is 5.69 Å². The molecular weight excluding hydrogens is 370 g/mol. The first kappa shape index (κ1) is 12.7. The van der Waals surface area contributed by atoms with Gasteiger partial charge in [0.05, 0.1) is 12.2 Å². The Morgan fingerprint density at radius 1 is 1.16 bits per heavy atom. The summed E-state index contributed by atoms with van der Waals surface area (Å²) in [6.45, 7) is 0.684. The second kappa shape index (κ2) is 5.35. The number of aromatic nitrogens is 2. The molecule has 19 heavy (non-hydrogen) atoms. The average molecular weight is 381 g/mol. The maximum Gasteiger partial charge on any atom is 0.0737 e. The molecule has 0 bridgehead atoms. The zero-order chi connectivity index (χ0) is 13.2. The number of nitrogens with one attached hydrogen (secondary N) is 2. The fourth-order valence-electron chi connectivity index (χ4n) is 1.92. The highest BCUT2D eigenvalue weighted by Gasteiger charge is 2.03. The van der Waals surface area contributed by atoms with E-state index in [9.17, 15) is 0 Å². The molecule has 3 rings (SSSR count). The number of H-pyrrole nitrogens is 1. The first-order valence-corrected chi connectivity index (χ1v) is 7.42. The second-order valence-electron chi connectivity index (χ2n) is 4.22. The van der Waals surface area contributed by atoms with E-state index in [2.05, 4.69) is 71.4 Å². The Hall–Kier alpha value is -1.33. The molecule has 2 N–H and O–H groups in total. The quantitative estimate of drug-likeness (QED) is 0.691. The molecule has 0 radical (unpaired) electrons. The zero-order valence-corrected chi connectivity index (χ0v) is 13.1. The van der Waals surface area contributed by atoms with Crippen molar-refractivity contribution >= 4 is 48.5 Å². The Kier molecular flexibility index (Phi) is 3.57. The van der Waals surface area contributed by atoms with Gasteiger partial charge in [-0.2, -0.15) is 0 Å². The molecule has 0 aliphatic heterocycles. The number of hydrogen-bond donors (Lipinski definition) is 2. The van der Waals surface area contributed by atoms with Gasteiger partial charge in [-0.1, -0.05) is 0 Å². The van der Waals surface area contributed by atoms with Crippen LogP contribution < -0.4 is 5.32 Å². The molecule has 0 spiro atoms. The maximum absolute atomic E-state index is 4.38. The number of pyridine rings is 1. The third-order valence-corrected chi connectivity index (χ3v) is 4.02. The van der Waals surface area contributed by atoms with Crippen LogP contribution in [0, 0.1) is 0 Å². The molecule has 3 aromatic rings. The van der Waals surface area contributed by atoms with E-state index in [1.54, 1.807) is 6.20 Å². The van der Waals surface area contributed by atoms with Crippen LogP contribution in [0.25, 0.3) is 10.9 Å². The number of fused-ring (bicyclic) bond motifs is 1. The molecule has 5 heteroatoms. The van der Waals surface area contributed by atoms with Crippen LogP contribution in [0.3, 0.4) is 0 Å². The highest BCUT2D eigenvalue weighted by molar-refractivity contribution is 9.11. The third kappa shape index (κ3) is 2.82. The Balaban J connectivity index is 1.77. The number of nitrogens with zero attached hydrogens (tertiary/aromatic N) is 1. The predicted molar refractivity (Wildman–Crippen MR) is 85.3 cm³/mol. The van der Waals surface area contributed by atoms with Gasteiger partial charge in [0.15, 0.2) is 0 Å². The molecule has 0 aliphatic rings. The van der Waals surface area contributed by atoms with Crippen molar-refractivity contribution in [2.75, 3.05) is 5.32 Å². The van der Waals surface area contributed by atoms with Gasteiger partial charge < -0.3 is 10.3 Å². The minimum absolute atomic E-state index is 0.684.